The molecule has 6 rings (SSSR count). The number of alkyl halides is 3. The highest BCUT2D eigenvalue weighted by atomic mass is 19.4. The quantitative estimate of drug-likeness (QED) is 0.202. The number of esters is 1. The second-order valence-corrected chi connectivity index (χ2v) is 13.0. The smallest absolute Gasteiger partial charge is 0.389 e. The maximum Gasteiger partial charge on any atom is 0.491 e. The molecule has 2 N–H and O–H groups in total. The number of aliphatic hydroxyl groups is 1. The third-order valence-electron chi connectivity index (χ3n) is 8.55. The maximum absolute atomic E-state index is 14.6. The van der Waals surface area contributed by atoms with Crippen molar-refractivity contribution in [2.75, 3.05) is 19.6 Å². The Morgan fingerprint density at radius 1 is 1.08 bits per heavy atom. The molecule has 0 spiro atoms. The van der Waals surface area contributed by atoms with Crippen LogP contribution in [0.4, 0.5) is 13.2 Å². The minimum atomic E-state index is -5.28. The Morgan fingerprint density at radius 2 is 1.80 bits per heavy atom. The molecule has 0 atom stereocenters. The van der Waals surface area contributed by atoms with Crippen LogP contribution >= 0.6 is 0 Å². The number of nitrogens with zero attached hydrogens (tertiary/aromatic N) is 6. The van der Waals surface area contributed by atoms with E-state index < -0.39 is 41.1 Å². The Balaban J connectivity index is 1.48. The SMILES string of the molecule is CCCc1c(Cc2ccc(-c3ccccc3)c(-c3noc(=O)[nH]3)c2)c(=O)n(C2CCN(CC(C)(C)O)CC2)c2nc(OC(=O)C(F)(F)F)nn12. The summed E-state index contributed by atoms with van der Waals surface area (Å²) in [5, 5.41) is 18.4. The van der Waals surface area contributed by atoms with Crippen LogP contribution in [0.2, 0.25) is 0 Å². The first-order chi connectivity index (χ1) is 23.7. The van der Waals surface area contributed by atoms with Crippen molar-refractivity contribution in [3.8, 4) is 28.5 Å². The zero-order chi connectivity index (χ0) is 35.8. The van der Waals surface area contributed by atoms with E-state index in [0.29, 0.717) is 67.7 Å². The number of hydrogen-bond acceptors (Lipinski definition) is 10. The number of H-pyrrole nitrogens is 1. The van der Waals surface area contributed by atoms with E-state index in [1.165, 1.54) is 9.08 Å². The minimum absolute atomic E-state index is 0.0339. The van der Waals surface area contributed by atoms with E-state index >= 15 is 0 Å². The number of carbonyl (C=O) groups excluding carboxylic acids is 1. The van der Waals surface area contributed by atoms with Crippen molar-refractivity contribution >= 4 is 11.7 Å². The Labute approximate surface area is 283 Å². The highest BCUT2D eigenvalue weighted by Crippen LogP contribution is 2.32. The van der Waals surface area contributed by atoms with Gasteiger partial charge in [-0.25, -0.2) is 9.59 Å². The molecule has 0 unspecified atom stereocenters. The number of β-amino-alcohol motifs (C(OH)–C–C–N with tert-alkyl or cyclic N) is 1. The van der Waals surface area contributed by atoms with Gasteiger partial charge >= 0.3 is 23.9 Å². The highest BCUT2D eigenvalue weighted by Gasteiger charge is 2.42. The third-order valence-corrected chi connectivity index (χ3v) is 8.55. The number of rotatable bonds is 10. The van der Waals surface area contributed by atoms with Gasteiger partial charge in [-0.2, -0.15) is 22.7 Å². The van der Waals surface area contributed by atoms with Crippen LogP contribution in [0.1, 0.15) is 62.9 Å². The molecule has 1 aliphatic rings. The number of ether oxygens (including phenoxy) is 1. The largest absolute Gasteiger partial charge is 0.491 e. The molecule has 4 heterocycles. The lowest BCUT2D eigenvalue weighted by molar-refractivity contribution is -0.190. The molecule has 5 aromatic rings. The summed E-state index contributed by atoms with van der Waals surface area (Å²) < 4.78 is 51.5. The number of carbonyl (C=O) groups is 1. The molecule has 3 aromatic heterocycles. The van der Waals surface area contributed by atoms with Crippen molar-refractivity contribution in [1.82, 2.24) is 34.2 Å². The van der Waals surface area contributed by atoms with Crippen molar-refractivity contribution in [1.29, 1.82) is 0 Å². The average Bonchev–Trinajstić information content (AvgIpc) is 3.68. The van der Waals surface area contributed by atoms with Crippen LogP contribution in [-0.2, 0) is 17.6 Å². The number of nitrogens with one attached hydrogen (secondary N) is 1. The Bertz CT molecular complexity index is 2120. The van der Waals surface area contributed by atoms with Crippen LogP contribution in [0.25, 0.3) is 28.3 Å². The van der Waals surface area contributed by atoms with Crippen molar-refractivity contribution in [2.45, 2.75) is 70.7 Å². The predicted molar refractivity (Wildman–Crippen MR) is 175 cm³/mol. The van der Waals surface area contributed by atoms with Crippen LogP contribution in [-0.4, -0.2) is 76.7 Å². The number of fused-ring (bicyclic) bond motifs is 1. The topological polar surface area (TPSA) is 161 Å². The standard InChI is InChI=1S/C34H36F3N7O6/c1-4-8-26-25(18-20-11-12-23(21-9-6-5-7-10-21)24(17-20)27-38-32(47)50-41-27)28(45)43(22-13-15-42(16-14-22)19-33(2,3)48)31-39-30(40-44(26)31)49-29(46)34(35,36)37/h5-7,9-12,17,22,48H,4,8,13-16,18-19H2,1-3H3,(H,38,41,47). The molecule has 0 bridgehead atoms. The van der Waals surface area contributed by atoms with Crippen LogP contribution in [0, 0.1) is 0 Å². The van der Waals surface area contributed by atoms with Gasteiger partial charge in [-0.05, 0) is 55.9 Å². The Morgan fingerprint density at radius 3 is 2.42 bits per heavy atom. The number of piperidine rings is 1. The summed E-state index contributed by atoms with van der Waals surface area (Å²) in [6.07, 6.45) is -3.36. The van der Waals surface area contributed by atoms with E-state index in [-0.39, 0.29) is 18.0 Å². The zero-order valence-electron chi connectivity index (χ0n) is 27.7. The number of aromatic amines is 1. The minimum Gasteiger partial charge on any atom is -0.389 e. The lowest BCUT2D eigenvalue weighted by Crippen LogP contribution is -2.44. The van der Waals surface area contributed by atoms with Gasteiger partial charge in [0.15, 0.2) is 5.82 Å². The van der Waals surface area contributed by atoms with Gasteiger partial charge in [0.25, 0.3) is 5.56 Å². The molecule has 13 nitrogen and oxygen atoms in total. The molecular formula is C34H36F3N7O6. The summed E-state index contributed by atoms with van der Waals surface area (Å²) >= 11 is 0. The molecule has 0 aliphatic carbocycles. The lowest BCUT2D eigenvalue weighted by atomic mass is 9.94. The molecule has 16 heteroatoms. The third kappa shape index (κ3) is 7.40. The van der Waals surface area contributed by atoms with Gasteiger partial charge in [-0.1, -0.05) is 61.0 Å². The molecule has 0 radical (unpaired) electrons. The van der Waals surface area contributed by atoms with Crippen molar-refractivity contribution in [3.05, 3.63) is 86.3 Å². The van der Waals surface area contributed by atoms with E-state index in [0.717, 1.165) is 11.1 Å². The zero-order valence-corrected chi connectivity index (χ0v) is 27.7. The fraction of sp³-hybridized carbons (Fsp3) is 0.412. The molecule has 50 heavy (non-hydrogen) atoms. The van der Waals surface area contributed by atoms with Crippen LogP contribution in [0.3, 0.4) is 0 Å². The van der Waals surface area contributed by atoms with Gasteiger partial charge in [-0.3, -0.25) is 18.9 Å². The van der Waals surface area contributed by atoms with Gasteiger partial charge in [-0.15, -0.1) is 5.10 Å². The number of aromatic nitrogens is 6. The summed E-state index contributed by atoms with van der Waals surface area (Å²) in [6.45, 7) is 6.82. The second-order valence-electron chi connectivity index (χ2n) is 13.0. The number of likely N-dealkylation sites (tertiary alicyclic amines) is 1. The molecule has 2 aromatic carbocycles. The Hall–Kier alpha value is -5.09. The summed E-state index contributed by atoms with van der Waals surface area (Å²) in [5.41, 5.74) is 2.26. The summed E-state index contributed by atoms with van der Waals surface area (Å²) in [7, 11) is 0. The van der Waals surface area contributed by atoms with Gasteiger partial charge < -0.3 is 14.7 Å². The van der Waals surface area contributed by atoms with Gasteiger partial charge in [0.05, 0.1) is 11.3 Å². The van der Waals surface area contributed by atoms with Gasteiger partial charge in [0.1, 0.15) is 0 Å². The van der Waals surface area contributed by atoms with E-state index in [1.807, 2.05) is 49.4 Å². The van der Waals surface area contributed by atoms with Crippen LogP contribution < -0.4 is 16.1 Å². The van der Waals surface area contributed by atoms with E-state index in [9.17, 15) is 32.7 Å². The fourth-order valence-corrected chi connectivity index (χ4v) is 6.49. The molecule has 1 fully saturated rings. The van der Waals surface area contributed by atoms with E-state index in [2.05, 4.69) is 29.9 Å². The first kappa shape index (κ1) is 34.8. The average molecular weight is 696 g/mol. The second kappa shape index (κ2) is 13.7. The van der Waals surface area contributed by atoms with E-state index in [4.69, 9.17) is 4.52 Å². The number of hydrogen-bond donors (Lipinski definition) is 2. The van der Waals surface area contributed by atoms with Gasteiger partial charge in [0, 0.05) is 43.2 Å². The molecule has 1 saturated heterocycles. The summed E-state index contributed by atoms with van der Waals surface area (Å²) in [5.74, 6) is -3.04. The van der Waals surface area contributed by atoms with Crippen molar-refractivity contribution < 1.29 is 32.3 Å². The van der Waals surface area contributed by atoms with Crippen LogP contribution in [0.5, 0.6) is 6.01 Å². The number of benzene rings is 2. The number of halogens is 3. The summed E-state index contributed by atoms with van der Waals surface area (Å²) in [6, 6.07) is 13.7. The Kier molecular flexibility index (Phi) is 9.50. The fourth-order valence-electron chi connectivity index (χ4n) is 6.49. The summed E-state index contributed by atoms with van der Waals surface area (Å²) in [4.78, 5) is 47.1. The van der Waals surface area contributed by atoms with E-state index in [1.54, 1.807) is 19.9 Å². The molecule has 1 aliphatic heterocycles. The molecule has 264 valence electrons. The number of aryl methyl sites for hydroxylation is 1. The predicted octanol–water partition coefficient (Wildman–Crippen LogP) is 4.32. The first-order valence-electron chi connectivity index (χ1n) is 16.2. The molecule has 0 saturated carbocycles. The molecular weight excluding hydrogens is 659 g/mol. The van der Waals surface area contributed by atoms with Crippen molar-refractivity contribution in [3.63, 3.8) is 0 Å². The lowest BCUT2D eigenvalue weighted by Gasteiger charge is -2.36. The maximum atomic E-state index is 14.6. The first-order valence-corrected chi connectivity index (χ1v) is 16.2. The highest BCUT2D eigenvalue weighted by molar-refractivity contribution is 5.81. The van der Waals surface area contributed by atoms with Crippen molar-refractivity contribution in [2.24, 2.45) is 0 Å². The van der Waals surface area contributed by atoms with Gasteiger partial charge in [0.2, 0.25) is 5.78 Å². The monoisotopic (exact) mass is 695 g/mol. The normalized spacial score (nSPS) is 14.8. The molecule has 0 amide bonds. The van der Waals surface area contributed by atoms with Crippen LogP contribution in [0.15, 0.2) is 62.6 Å².